The highest BCUT2D eigenvalue weighted by Gasteiger charge is 2.30. The van der Waals surface area contributed by atoms with Crippen LogP contribution in [0.4, 0.5) is 5.00 Å². The van der Waals surface area contributed by atoms with Crippen LogP contribution in [-0.2, 0) is 17.6 Å². The molecule has 5 rings (SSSR count). The van der Waals surface area contributed by atoms with Gasteiger partial charge < -0.3 is 19.5 Å². The van der Waals surface area contributed by atoms with Crippen LogP contribution in [0.2, 0.25) is 0 Å². The van der Waals surface area contributed by atoms with Crippen LogP contribution in [0, 0.1) is 5.92 Å². The zero-order valence-electron chi connectivity index (χ0n) is 22.8. The molecule has 0 saturated heterocycles. The number of aromatic nitrogens is 1. The highest BCUT2D eigenvalue weighted by Crippen LogP contribution is 2.41. The minimum atomic E-state index is -0.393. The first-order valence-electron chi connectivity index (χ1n) is 13.1. The number of thiophene rings is 1. The van der Waals surface area contributed by atoms with Crippen molar-refractivity contribution in [1.82, 2.24) is 4.98 Å². The van der Waals surface area contributed by atoms with Crippen molar-refractivity contribution in [3.05, 3.63) is 70.1 Å². The van der Waals surface area contributed by atoms with Crippen molar-refractivity contribution < 1.29 is 23.8 Å². The van der Waals surface area contributed by atoms with E-state index in [9.17, 15) is 9.59 Å². The molecule has 4 aromatic rings. The summed E-state index contributed by atoms with van der Waals surface area (Å²) in [6.07, 6.45) is 2.43. The van der Waals surface area contributed by atoms with Crippen molar-refractivity contribution in [3.8, 4) is 22.8 Å². The smallest absolute Gasteiger partial charge is 0.341 e. The minimum Gasteiger partial charge on any atom is -0.497 e. The van der Waals surface area contributed by atoms with Gasteiger partial charge in [-0.3, -0.25) is 4.79 Å². The fraction of sp³-hybridized carbons (Fsp3) is 0.323. The number of para-hydroxylation sites is 1. The summed E-state index contributed by atoms with van der Waals surface area (Å²) in [6.45, 7) is 5.87. The first-order valence-corrected chi connectivity index (χ1v) is 13.9. The molecule has 1 aliphatic carbocycles. The molecule has 2 aromatic carbocycles. The van der Waals surface area contributed by atoms with Gasteiger partial charge in [0.15, 0.2) is 0 Å². The van der Waals surface area contributed by atoms with E-state index in [1.807, 2.05) is 50.2 Å². The number of ether oxygens (including phenoxy) is 3. The van der Waals surface area contributed by atoms with Gasteiger partial charge >= 0.3 is 5.97 Å². The maximum Gasteiger partial charge on any atom is 0.341 e. The number of anilines is 1. The number of nitrogens with zero attached hydrogens (tertiary/aromatic N) is 1. The maximum atomic E-state index is 13.9. The summed E-state index contributed by atoms with van der Waals surface area (Å²) >= 11 is 1.48. The molecule has 0 radical (unpaired) electrons. The highest BCUT2D eigenvalue weighted by atomic mass is 32.1. The predicted octanol–water partition coefficient (Wildman–Crippen LogP) is 6.92. The number of hydrogen-bond donors (Lipinski definition) is 1. The number of fused-ring (bicyclic) bond motifs is 2. The second-order valence-corrected chi connectivity index (χ2v) is 11.2. The molecule has 7 nitrogen and oxygen atoms in total. The second kappa shape index (κ2) is 11.1. The Morgan fingerprint density at radius 1 is 1.08 bits per heavy atom. The number of carbonyl (C=O) groups is 2. The van der Waals surface area contributed by atoms with Crippen molar-refractivity contribution >= 4 is 39.1 Å². The fourth-order valence-corrected chi connectivity index (χ4v) is 6.40. The molecule has 2 aromatic heterocycles. The summed E-state index contributed by atoms with van der Waals surface area (Å²) in [5, 5.41) is 4.32. The lowest BCUT2D eigenvalue weighted by Gasteiger charge is -2.19. The number of rotatable bonds is 7. The Morgan fingerprint density at radius 3 is 2.62 bits per heavy atom. The number of carbonyl (C=O) groups excluding carboxylic acids is 2. The van der Waals surface area contributed by atoms with Gasteiger partial charge in [-0.1, -0.05) is 25.1 Å². The maximum absolute atomic E-state index is 13.9. The number of benzene rings is 2. The summed E-state index contributed by atoms with van der Waals surface area (Å²) in [6, 6.07) is 14.8. The molecule has 202 valence electrons. The highest BCUT2D eigenvalue weighted by molar-refractivity contribution is 7.17. The van der Waals surface area contributed by atoms with E-state index in [0.29, 0.717) is 50.1 Å². The molecule has 0 bridgehead atoms. The van der Waals surface area contributed by atoms with Gasteiger partial charge in [0.2, 0.25) is 0 Å². The van der Waals surface area contributed by atoms with Gasteiger partial charge in [0, 0.05) is 21.9 Å². The summed E-state index contributed by atoms with van der Waals surface area (Å²) in [7, 11) is 3.18. The van der Waals surface area contributed by atoms with Crippen molar-refractivity contribution in [1.29, 1.82) is 0 Å². The van der Waals surface area contributed by atoms with Crippen LogP contribution in [0.1, 0.15) is 58.3 Å². The second-order valence-electron chi connectivity index (χ2n) is 10.1. The van der Waals surface area contributed by atoms with E-state index < -0.39 is 5.97 Å². The lowest BCUT2D eigenvalue weighted by molar-refractivity contribution is 0.0378. The number of esters is 1. The van der Waals surface area contributed by atoms with E-state index in [0.717, 1.165) is 35.3 Å². The standard InChI is InChI=1S/C31H32N2O5S/c1-17(2)38-31(35)28-22-12-10-18(3)14-27(22)39-30(28)33-29(34)23-16-25(32-24-9-7-6-8-20(23)24)21-13-11-19(36-4)15-26(21)37-5/h6-9,11,13,15-18H,10,12,14H2,1-5H3,(H,33,34). The average molecular weight is 545 g/mol. The Hall–Kier alpha value is -3.91. The first-order chi connectivity index (χ1) is 18.8. The van der Waals surface area contributed by atoms with Crippen molar-refractivity contribution in [3.63, 3.8) is 0 Å². The topological polar surface area (TPSA) is 86.8 Å². The zero-order valence-corrected chi connectivity index (χ0v) is 23.6. The molecule has 1 N–H and O–H groups in total. The summed E-state index contributed by atoms with van der Waals surface area (Å²) in [5.41, 5.74) is 3.95. The molecule has 0 spiro atoms. The van der Waals surface area contributed by atoms with Crippen molar-refractivity contribution in [2.45, 2.75) is 46.1 Å². The number of hydrogen-bond acceptors (Lipinski definition) is 7. The third-order valence-corrected chi connectivity index (χ3v) is 8.10. The molecule has 39 heavy (non-hydrogen) atoms. The van der Waals surface area contributed by atoms with E-state index in [2.05, 4.69) is 12.2 Å². The van der Waals surface area contributed by atoms with Crippen LogP contribution in [0.5, 0.6) is 11.5 Å². The normalized spacial score (nSPS) is 14.7. The van der Waals surface area contributed by atoms with E-state index in [1.165, 1.54) is 11.3 Å². The number of amides is 1. The Kier molecular flexibility index (Phi) is 7.57. The number of pyridine rings is 1. The average Bonchev–Trinajstić information content (AvgIpc) is 3.28. The fourth-order valence-electron chi connectivity index (χ4n) is 5.01. The molecule has 0 aliphatic heterocycles. The van der Waals surface area contributed by atoms with Gasteiger partial charge in [0.1, 0.15) is 16.5 Å². The Morgan fingerprint density at radius 2 is 1.87 bits per heavy atom. The molecule has 0 saturated carbocycles. The summed E-state index contributed by atoms with van der Waals surface area (Å²) < 4.78 is 16.5. The van der Waals surface area contributed by atoms with Gasteiger partial charge in [0.05, 0.1) is 42.7 Å². The largest absolute Gasteiger partial charge is 0.497 e. The van der Waals surface area contributed by atoms with Gasteiger partial charge in [-0.25, -0.2) is 9.78 Å². The lowest BCUT2D eigenvalue weighted by Crippen LogP contribution is -2.19. The van der Waals surface area contributed by atoms with Crippen molar-refractivity contribution in [2.24, 2.45) is 5.92 Å². The minimum absolute atomic E-state index is 0.259. The van der Waals surface area contributed by atoms with Crippen LogP contribution < -0.4 is 14.8 Å². The van der Waals surface area contributed by atoms with Crippen LogP contribution in [0.25, 0.3) is 22.2 Å². The van der Waals surface area contributed by atoms with E-state index >= 15 is 0 Å². The lowest BCUT2D eigenvalue weighted by atomic mass is 9.88. The van der Waals surface area contributed by atoms with Crippen molar-refractivity contribution in [2.75, 3.05) is 19.5 Å². The van der Waals surface area contributed by atoms with Gasteiger partial charge in [-0.2, -0.15) is 0 Å². The molecule has 2 heterocycles. The molecule has 0 fully saturated rings. The Balaban J connectivity index is 1.59. The third-order valence-electron chi connectivity index (χ3n) is 6.93. The Bertz CT molecular complexity index is 1560. The number of nitrogens with one attached hydrogen (secondary N) is 1. The van der Waals surface area contributed by atoms with E-state index in [-0.39, 0.29) is 12.0 Å². The molecule has 1 unspecified atom stereocenters. The molecule has 1 atom stereocenters. The van der Waals surface area contributed by atoms with E-state index in [4.69, 9.17) is 19.2 Å². The summed E-state index contributed by atoms with van der Waals surface area (Å²) in [5.74, 6) is 1.07. The number of methoxy groups -OCH3 is 2. The van der Waals surface area contributed by atoms with Gasteiger partial charge in [-0.05, 0) is 68.9 Å². The van der Waals surface area contributed by atoms with E-state index in [1.54, 1.807) is 26.4 Å². The SMILES string of the molecule is COc1ccc(-c2cc(C(=O)Nc3sc4c(c3C(=O)OC(C)C)CCC(C)C4)c3ccccc3n2)c(OC)c1. The molecule has 8 heteroatoms. The first kappa shape index (κ1) is 26.7. The monoisotopic (exact) mass is 544 g/mol. The molecule has 1 amide bonds. The Labute approximate surface area is 232 Å². The van der Waals surface area contributed by atoms with Crippen LogP contribution in [-0.4, -0.2) is 37.2 Å². The third kappa shape index (κ3) is 5.34. The van der Waals surface area contributed by atoms with Crippen LogP contribution in [0.3, 0.4) is 0 Å². The van der Waals surface area contributed by atoms with Crippen LogP contribution >= 0.6 is 11.3 Å². The summed E-state index contributed by atoms with van der Waals surface area (Å²) in [4.78, 5) is 33.1. The van der Waals surface area contributed by atoms with Crippen LogP contribution in [0.15, 0.2) is 48.5 Å². The van der Waals surface area contributed by atoms with Gasteiger partial charge in [0.25, 0.3) is 5.91 Å². The molecular weight excluding hydrogens is 512 g/mol. The predicted molar refractivity (Wildman–Crippen MR) is 154 cm³/mol. The zero-order chi connectivity index (χ0) is 27.7. The van der Waals surface area contributed by atoms with Gasteiger partial charge in [-0.15, -0.1) is 11.3 Å². The molecular formula is C31H32N2O5S. The quantitative estimate of drug-likeness (QED) is 0.254. The molecule has 1 aliphatic rings.